The third kappa shape index (κ3) is 1.95. The van der Waals surface area contributed by atoms with Crippen molar-refractivity contribution in [3.8, 4) is 0 Å². The van der Waals surface area contributed by atoms with Crippen molar-refractivity contribution in [3.63, 3.8) is 0 Å². The first-order chi connectivity index (χ1) is 7.59. The molecule has 1 saturated carbocycles. The number of rotatable bonds is 2. The largest absolute Gasteiger partial charge is 0.395 e. The molecule has 4 atom stereocenters. The van der Waals surface area contributed by atoms with Crippen LogP contribution in [0, 0.1) is 29.1 Å². The highest BCUT2D eigenvalue weighted by Crippen LogP contribution is 2.51. The molecule has 1 N–H and O–H groups in total. The van der Waals surface area contributed by atoms with Gasteiger partial charge < -0.3 is 5.11 Å². The van der Waals surface area contributed by atoms with E-state index in [1.54, 1.807) is 0 Å². The molecule has 1 nitrogen and oxygen atoms in total. The van der Waals surface area contributed by atoms with E-state index in [-0.39, 0.29) is 5.41 Å². The molecule has 0 amide bonds. The Morgan fingerprint density at radius 1 is 1.44 bits per heavy atom. The smallest absolute Gasteiger partial charge is 0.0524 e. The molecule has 2 aliphatic rings. The average molecular weight is 222 g/mol. The second-order valence-electron chi connectivity index (χ2n) is 6.37. The second kappa shape index (κ2) is 4.52. The number of fused-ring (bicyclic) bond motifs is 1. The summed E-state index contributed by atoms with van der Waals surface area (Å²) in [4.78, 5) is 0. The van der Waals surface area contributed by atoms with Crippen molar-refractivity contribution < 1.29 is 5.11 Å². The molecule has 0 spiro atoms. The van der Waals surface area contributed by atoms with Gasteiger partial charge >= 0.3 is 0 Å². The molecule has 0 aromatic rings. The molecule has 0 heterocycles. The lowest BCUT2D eigenvalue weighted by Crippen LogP contribution is -2.43. The van der Waals surface area contributed by atoms with Crippen molar-refractivity contribution in [1.29, 1.82) is 0 Å². The van der Waals surface area contributed by atoms with Gasteiger partial charge in [-0.15, -0.1) is 0 Å². The van der Waals surface area contributed by atoms with Crippen molar-refractivity contribution in [2.45, 2.75) is 46.5 Å². The van der Waals surface area contributed by atoms with Crippen molar-refractivity contribution in [3.05, 3.63) is 12.2 Å². The van der Waals surface area contributed by atoms with E-state index < -0.39 is 0 Å². The standard InChI is InChI=1S/C15H26O/c1-11(2)13-6-8-15(10-16)7-4-5-12(3)14(15)9-13/h6,8,11-14,16H,4-5,7,9-10H2,1-3H3/t12-,13-,14+,15+/m1/s1. The molecule has 92 valence electrons. The molecule has 1 heteroatoms. The van der Waals surface area contributed by atoms with E-state index >= 15 is 0 Å². The Bertz CT molecular complexity index is 269. The van der Waals surface area contributed by atoms with Gasteiger partial charge in [-0.1, -0.05) is 45.8 Å². The Hall–Kier alpha value is -0.300. The summed E-state index contributed by atoms with van der Waals surface area (Å²) in [6.07, 6.45) is 9.87. The van der Waals surface area contributed by atoms with Crippen molar-refractivity contribution in [1.82, 2.24) is 0 Å². The van der Waals surface area contributed by atoms with E-state index in [1.165, 1.54) is 25.7 Å². The van der Waals surface area contributed by atoms with Crippen LogP contribution in [0.1, 0.15) is 46.5 Å². The van der Waals surface area contributed by atoms with Crippen LogP contribution < -0.4 is 0 Å². The summed E-state index contributed by atoms with van der Waals surface area (Å²) in [6, 6.07) is 0. The van der Waals surface area contributed by atoms with Gasteiger partial charge in [-0.3, -0.25) is 0 Å². The molecular formula is C15H26O. The van der Waals surface area contributed by atoms with E-state index in [1.807, 2.05) is 0 Å². The van der Waals surface area contributed by atoms with Gasteiger partial charge in [-0.2, -0.15) is 0 Å². The Kier molecular flexibility index (Phi) is 3.44. The highest BCUT2D eigenvalue weighted by atomic mass is 16.3. The second-order valence-corrected chi connectivity index (χ2v) is 6.37. The fourth-order valence-electron chi connectivity index (χ4n) is 3.81. The van der Waals surface area contributed by atoms with Crippen molar-refractivity contribution in [2.75, 3.05) is 6.61 Å². The predicted octanol–water partition coefficient (Wildman–Crippen LogP) is 3.63. The maximum atomic E-state index is 9.77. The van der Waals surface area contributed by atoms with Crippen LogP contribution in [0.5, 0.6) is 0 Å². The lowest BCUT2D eigenvalue weighted by molar-refractivity contribution is 0.0106. The van der Waals surface area contributed by atoms with Gasteiger partial charge in [0.05, 0.1) is 6.61 Å². The Labute approximate surface area is 99.9 Å². The zero-order chi connectivity index (χ0) is 11.8. The fraction of sp³-hybridized carbons (Fsp3) is 0.867. The van der Waals surface area contributed by atoms with Gasteiger partial charge in [-0.05, 0) is 36.5 Å². The van der Waals surface area contributed by atoms with Crippen molar-refractivity contribution in [2.24, 2.45) is 29.1 Å². The third-order valence-corrected chi connectivity index (χ3v) is 5.08. The van der Waals surface area contributed by atoms with Gasteiger partial charge in [0.25, 0.3) is 0 Å². The quantitative estimate of drug-likeness (QED) is 0.707. The molecule has 0 saturated heterocycles. The van der Waals surface area contributed by atoms with Crippen LogP contribution in [0.3, 0.4) is 0 Å². The summed E-state index contributed by atoms with van der Waals surface area (Å²) < 4.78 is 0. The molecule has 1 fully saturated rings. The van der Waals surface area contributed by atoms with Crippen LogP contribution in [0.4, 0.5) is 0 Å². The summed E-state index contributed by atoms with van der Waals surface area (Å²) in [6.45, 7) is 7.36. The van der Waals surface area contributed by atoms with Crippen LogP contribution >= 0.6 is 0 Å². The Balaban J connectivity index is 2.24. The molecule has 0 radical (unpaired) electrons. The van der Waals surface area contributed by atoms with Gasteiger partial charge in [0.2, 0.25) is 0 Å². The van der Waals surface area contributed by atoms with E-state index in [0.717, 1.165) is 17.8 Å². The summed E-state index contributed by atoms with van der Waals surface area (Å²) in [5.74, 6) is 2.96. The minimum absolute atomic E-state index is 0.128. The molecule has 0 aliphatic heterocycles. The summed E-state index contributed by atoms with van der Waals surface area (Å²) >= 11 is 0. The van der Waals surface area contributed by atoms with Crippen LogP contribution in [0.25, 0.3) is 0 Å². The predicted molar refractivity (Wildman–Crippen MR) is 68.1 cm³/mol. The zero-order valence-electron chi connectivity index (χ0n) is 10.9. The van der Waals surface area contributed by atoms with Gasteiger partial charge in [0, 0.05) is 5.41 Å². The fourth-order valence-corrected chi connectivity index (χ4v) is 3.81. The van der Waals surface area contributed by atoms with Crippen LogP contribution in [0.15, 0.2) is 12.2 Å². The average Bonchev–Trinajstić information content (AvgIpc) is 2.29. The Morgan fingerprint density at radius 2 is 2.19 bits per heavy atom. The van der Waals surface area contributed by atoms with E-state index in [4.69, 9.17) is 0 Å². The number of hydrogen-bond acceptors (Lipinski definition) is 1. The highest BCUT2D eigenvalue weighted by Gasteiger charge is 2.44. The number of aliphatic hydroxyl groups excluding tert-OH is 1. The topological polar surface area (TPSA) is 20.2 Å². The molecule has 0 aromatic heterocycles. The van der Waals surface area contributed by atoms with Crippen molar-refractivity contribution >= 4 is 0 Å². The molecule has 2 rings (SSSR count). The van der Waals surface area contributed by atoms with Gasteiger partial charge in [-0.25, -0.2) is 0 Å². The maximum absolute atomic E-state index is 9.77. The first-order valence-corrected chi connectivity index (χ1v) is 6.89. The molecular weight excluding hydrogens is 196 g/mol. The first kappa shape index (κ1) is 12.2. The lowest BCUT2D eigenvalue weighted by Gasteiger charge is -2.49. The van der Waals surface area contributed by atoms with Gasteiger partial charge in [0.1, 0.15) is 0 Å². The first-order valence-electron chi connectivity index (χ1n) is 6.89. The lowest BCUT2D eigenvalue weighted by atomic mass is 9.56. The van der Waals surface area contributed by atoms with Crippen LogP contribution in [-0.4, -0.2) is 11.7 Å². The van der Waals surface area contributed by atoms with Crippen LogP contribution in [-0.2, 0) is 0 Å². The van der Waals surface area contributed by atoms with E-state index in [2.05, 4.69) is 32.9 Å². The van der Waals surface area contributed by atoms with Crippen LogP contribution in [0.2, 0.25) is 0 Å². The van der Waals surface area contributed by atoms with E-state index in [0.29, 0.717) is 12.5 Å². The third-order valence-electron chi connectivity index (χ3n) is 5.08. The zero-order valence-corrected chi connectivity index (χ0v) is 10.9. The number of aliphatic hydroxyl groups is 1. The number of allylic oxidation sites excluding steroid dienone is 1. The SMILES string of the molecule is CC(C)[C@@H]1C=C[C@]2(CO)CCC[C@@H](C)[C@@H]2C1. The molecule has 0 aromatic carbocycles. The maximum Gasteiger partial charge on any atom is 0.0524 e. The minimum atomic E-state index is 0.128. The van der Waals surface area contributed by atoms with Gasteiger partial charge in [0.15, 0.2) is 0 Å². The molecule has 2 aliphatic carbocycles. The molecule has 0 bridgehead atoms. The number of hydrogen-bond donors (Lipinski definition) is 1. The Morgan fingerprint density at radius 3 is 2.81 bits per heavy atom. The normalized spacial score (nSPS) is 43.4. The summed E-state index contributed by atoms with van der Waals surface area (Å²) in [5.41, 5.74) is 0.128. The minimum Gasteiger partial charge on any atom is -0.395 e. The summed E-state index contributed by atoms with van der Waals surface area (Å²) in [7, 11) is 0. The highest BCUT2D eigenvalue weighted by molar-refractivity contribution is 5.12. The summed E-state index contributed by atoms with van der Waals surface area (Å²) in [5, 5.41) is 9.77. The van der Waals surface area contributed by atoms with E-state index in [9.17, 15) is 5.11 Å². The molecule has 0 unspecified atom stereocenters. The molecule has 16 heavy (non-hydrogen) atoms. The monoisotopic (exact) mass is 222 g/mol.